The number of nitrogens with one attached hydrogen (secondary N) is 1. The van der Waals surface area contributed by atoms with Gasteiger partial charge in [0.05, 0.1) is 25.4 Å². The molecule has 0 radical (unpaired) electrons. The number of hydrogen-bond acceptors (Lipinski definition) is 10. The first-order valence-corrected chi connectivity index (χ1v) is 32.0. The van der Waals surface area contributed by atoms with Crippen LogP contribution in [0.4, 0.5) is 0 Å². The number of amides is 1. The molecule has 0 aromatic rings. The minimum absolute atomic E-state index is 0.241. The van der Waals surface area contributed by atoms with Crippen LogP contribution in [0.1, 0.15) is 290 Å². The highest BCUT2D eigenvalue weighted by molar-refractivity contribution is 5.80. The van der Waals surface area contributed by atoms with Crippen molar-refractivity contribution in [1.82, 2.24) is 5.32 Å². The number of rotatable bonds is 55. The third kappa shape index (κ3) is 41.1. The van der Waals surface area contributed by atoms with E-state index in [4.69, 9.17) is 9.47 Å². The maximum absolute atomic E-state index is 13.2. The van der Waals surface area contributed by atoms with Gasteiger partial charge in [-0.25, -0.2) is 0 Å². The Bertz CT molecular complexity index is 1370. The number of allylic oxidation sites excluding steroid dienone is 8. The molecule has 0 spiro atoms. The Hall–Kier alpha value is -1.93. The molecule has 1 heterocycles. The quantitative estimate of drug-likeness (QED) is 0.0215. The molecule has 0 aromatic carbocycles. The van der Waals surface area contributed by atoms with Crippen LogP contribution >= 0.6 is 0 Å². The van der Waals surface area contributed by atoms with E-state index in [1.165, 1.54) is 199 Å². The number of hydrogen-bond donors (Lipinski definition) is 8. The fourth-order valence-corrected chi connectivity index (χ4v) is 10.1. The Morgan fingerprint density at radius 1 is 0.447 bits per heavy atom. The lowest BCUT2D eigenvalue weighted by Crippen LogP contribution is -2.60. The maximum Gasteiger partial charge on any atom is 0.249 e. The summed E-state index contributed by atoms with van der Waals surface area (Å²) in [5, 5.41) is 76.2. The van der Waals surface area contributed by atoms with Gasteiger partial charge >= 0.3 is 0 Å². The van der Waals surface area contributed by atoms with Crippen LogP contribution in [0.3, 0.4) is 0 Å². The van der Waals surface area contributed by atoms with Crippen LogP contribution in [0.25, 0.3) is 0 Å². The van der Waals surface area contributed by atoms with Gasteiger partial charge < -0.3 is 50.5 Å². The summed E-state index contributed by atoms with van der Waals surface area (Å²) in [6.45, 7) is 3.45. The van der Waals surface area contributed by atoms with Crippen molar-refractivity contribution < 1.29 is 50.0 Å². The van der Waals surface area contributed by atoms with Crippen molar-refractivity contribution in [3.63, 3.8) is 0 Å². The summed E-state index contributed by atoms with van der Waals surface area (Å²) in [6.07, 6.45) is 57.6. The molecular formula is C65H121NO10. The largest absolute Gasteiger partial charge is 0.394 e. The Kier molecular flexibility index (Phi) is 50.9. The van der Waals surface area contributed by atoms with E-state index < -0.39 is 74.2 Å². The van der Waals surface area contributed by atoms with Gasteiger partial charge in [0.1, 0.15) is 36.6 Å². The Labute approximate surface area is 466 Å². The number of carbonyl (C=O) groups excluding carboxylic acids is 1. The third-order valence-corrected chi connectivity index (χ3v) is 15.3. The predicted molar refractivity (Wildman–Crippen MR) is 316 cm³/mol. The molecule has 9 atom stereocenters. The van der Waals surface area contributed by atoms with Gasteiger partial charge in [-0.2, -0.15) is 0 Å². The van der Waals surface area contributed by atoms with Gasteiger partial charge in [0.25, 0.3) is 0 Å². The minimum atomic E-state index is -1.67. The van der Waals surface area contributed by atoms with Crippen LogP contribution in [-0.2, 0) is 14.3 Å². The first-order valence-electron chi connectivity index (χ1n) is 32.0. The molecule has 9 unspecified atom stereocenters. The molecule has 0 bridgehead atoms. The summed E-state index contributed by atoms with van der Waals surface area (Å²) < 4.78 is 11.1. The number of unbranched alkanes of at least 4 members (excludes halogenated alkanes) is 35. The van der Waals surface area contributed by atoms with Gasteiger partial charge in [0, 0.05) is 0 Å². The molecule has 0 saturated carbocycles. The first-order chi connectivity index (χ1) is 37.2. The normalized spacial score (nSPS) is 19.9. The summed E-state index contributed by atoms with van der Waals surface area (Å²) in [5.41, 5.74) is 0. The molecule has 1 rings (SSSR count). The Morgan fingerprint density at radius 3 is 1.17 bits per heavy atom. The lowest BCUT2D eigenvalue weighted by Gasteiger charge is -2.40. The summed E-state index contributed by atoms with van der Waals surface area (Å²) in [6, 6.07) is -1.20. The predicted octanol–water partition coefficient (Wildman–Crippen LogP) is 14.4. The summed E-state index contributed by atoms with van der Waals surface area (Å²) in [7, 11) is 0. The topological polar surface area (TPSA) is 189 Å². The molecule has 1 aliphatic rings. The average Bonchev–Trinajstić information content (AvgIpc) is 3.42. The second-order valence-corrected chi connectivity index (χ2v) is 22.5. The van der Waals surface area contributed by atoms with E-state index in [0.29, 0.717) is 19.3 Å². The second kappa shape index (κ2) is 53.7. The molecule has 1 aliphatic heterocycles. The molecule has 8 N–H and O–H groups in total. The van der Waals surface area contributed by atoms with Crippen molar-refractivity contribution in [3.8, 4) is 0 Å². The van der Waals surface area contributed by atoms with Crippen molar-refractivity contribution >= 4 is 5.91 Å². The highest BCUT2D eigenvalue weighted by atomic mass is 16.7. The van der Waals surface area contributed by atoms with Gasteiger partial charge in [-0.3, -0.25) is 4.79 Å². The molecule has 1 saturated heterocycles. The maximum atomic E-state index is 13.2. The molecule has 11 nitrogen and oxygen atoms in total. The zero-order chi connectivity index (χ0) is 55.4. The van der Waals surface area contributed by atoms with Crippen LogP contribution in [0, 0.1) is 0 Å². The van der Waals surface area contributed by atoms with Crippen molar-refractivity contribution in [3.05, 3.63) is 48.6 Å². The van der Waals surface area contributed by atoms with Crippen molar-refractivity contribution in [2.24, 2.45) is 0 Å². The molecule has 11 heteroatoms. The van der Waals surface area contributed by atoms with Crippen molar-refractivity contribution in [1.29, 1.82) is 0 Å². The molecule has 446 valence electrons. The molecule has 0 aromatic heterocycles. The average molecular weight is 1080 g/mol. The Balaban J connectivity index is 2.24. The van der Waals surface area contributed by atoms with Crippen molar-refractivity contribution in [2.45, 2.75) is 345 Å². The summed E-state index contributed by atoms with van der Waals surface area (Å²) in [4.78, 5) is 13.2. The summed E-state index contributed by atoms with van der Waals surface area (Å²) >= 11 is 0. The van der Waals surface area contributed by atoms with Crippen LogP contribution in [0.5, 0.6) is 0 Å². The van der Waals surface area contributed by atoms with Crippen molar-refractivity contribution in [2.75, 3.05) is 13.2 Å². The highest BCUT2D eigenvalue weighted by Gasteiger charge is 2.44. The van der Waals surface area contributed by atoms with E-state index in [-0.39, 0.29) is 12.8 Å². The van der Waals surface area contributed by atoms with E-state index in [2.05, 4.69) is 67.8 Å². The second-order valence-electron chi connectivity index (χ2n) is 22.5. The monoisotopic (exact) mass is 1080 g/mol. The van der Waals surface area contributed by atoms with Gasteiger partial charge in [-0.05, 0) is 89.9 Å². The fraction of sp³-hybridized carbons (Fsp3) is 0.862. The van der Waals surface area contributed by atoms with E-state index >= 15 is 0 Å². The van der Waals surface area contributed by atoms with E-state index in [1.54, 1.807) is 0 Å². The van der Waals surface area contributed by atoms with Gasteiger partial charge in [0.2, 0.25) is 5.91 Å². The van der Waals surface area contributed by atoms with Gasteiger partial charge in [-0.1, -0.05) is 249 Å². The number of aliphatic hydroxyl groups excluding tert-OH is 7. The van der Waals surface area contributed by atoms with Gasteiger partial charge in [-0.15, -0.1) is 0 Å². The minimum Gasteiger partial charge on any atom is -0.394 e. The third-order valence-electron chi connectivity index (χ3n) is 15.3. The smallest absolute Gasteiger partial charge is 0.249 e. The van der Waals surface area contributed by atoms with Crippen LogP contribution in [0.15, 0.2) is 48.6 Å². The highest BCUT2D eigenvalue weighted by Crippen LogP contribution is 2.23. The zero-order valence-electron chi connectivity index (χ0n) is 49.0. The van der Waals surface area contributed by atoms with E-state index in [9.17, 15) is 40.5 Å². The van der Waals surface area contributed by atoms with E-state index in [1.807, 2.05) is 0 Å². The zero-order valence-corrected chi connectivity index (χ0v) is 49.0. The molecular weight excluding hydrogens is 955 g/mol. The lowest BCUT2D eigenvalue weighted by molar-refractivity contribution is -0.303. The standard InChI is InChI=1S/C65H121NO10/c1-3-5-7-9-11-13-15-17-19-21-23-24-25-26-27-28-29-30-31-32-33-34-35-37-39-41-43-45-47-49-51-53-58(69)64(74)66-56(55-75-65-63(73)62(72)61(71)59(54-67)76-65)60(70)57(68)52-50-48-46-44-42-40-38-36-22-20-18-16-14-12-10-8-6-4-2/h16,18,26-27,36,38,44,46,56-63,65,67-73H,3-15,17,19-25,28-35,37,39-43,45,47-55H2,1-2H3,(H,66,74)/b18-16+,27-26-,38-36+,46-44+. The first kappa shape index (κ1) is 72.1. The number of aliphatic hydroxyl groups is 7. The summed E-state index contributed by atoms with van der Waals surface area (Å²) in [5.74, 6) is -0.710. The molecule has 76 heavy (non-hydrogen) atoms. The number of carbonyl (C=O) groups is 1. The fourth-order valence-electron chi connectivity index (χ4n) is 10.1. The lowest BCUT2D eigenvalue weighted by atomic mass is 9.98. The van der Waals surface area contributed by atoms with Crippen LogP contribution < -0.4 is 5.32 Å². The Morgan fingerprint density at radius 2 is 0.789 bits per heavy atom. The van der Waals surface area contributed by atoms with Gasteiger partial charge in [0.15, 0.2) is 6.29 Å². The number of ether oxygens (including phenoxy) is 2. The van der Waals surface area contributed by atoms with E-state index in [0.717, 1.165) is 44.9 Å². The molecule has 0 aliphatic carbocycles. The van der Waals surface area contributed by atoms with Crippen LogP contribution in [-0.4, -0.2) is 110 Å². The van der Waals surface area contributed by atoms with Crippen LogP contribution in [0.2, 0.25) is 0 Å². The SMILES string of the molecule is CCCCCCC/C=C/CC/C=C/CC/C=C/CCCC(O)C(O)C(COC1OC(CO)C(O)C(O)C1O)NC(=O)C(O)CCCCCCCCCCCCCCCCC/C=C\CCCCCCCCCCCCCC. The molecule has 1 amide bonds. The molecule has 1 fully saturated rings.